The van der Waals surface area contributed by atoms with Crippen LogP contribution < -0.4 is 11.1 Å². The molecule has 10 heteroatoms. The van der Waals surface area contributed by atoms with Gasteiger partial charge in [-0.05, 0) is 74.4 Å². The van der Waals surface area contributed by atoms with E-state index in [2.05, 4.69) is 12.2 Å². The fourth-order valence-corrected chi connectivity index (χ4v) is 6.12. The first-order chi connectivity index (χ1) is 21.5. The van der Waals surface area contributed by atoms with E-state index in [-0.39, 0.29) is 24.0 Å². The number of urea groups is 1. The lowest BCUT2D eigenvalue weighted by atomic mass is 9.99. The highest BCUT2D eigenvalue weighted by molar-refractivity contribution is 5.95. The van der Waals surface area contributed by atoms with E-state index in [1.165, 1.54) is 16.7 Å². The molecule has 0 spiro atoms. The summed E-state index contributed by atoms with van der Waals surface area (Å²) in [6.45, 7) is 8.59. The highest BCUT2D eigenvalue weighted by Gasteiger charge is 2.40. The van der Waals surface area contributed by atoms with Gasteiger partial charge < -0.3 is 25.2 Å². The van der Waals surface area contributed by atoms with E-state index in [1.807, 2.05) is 12.1 Å². The van der Waals surface area contributed by atoms with Crippen LogP contribution in [-0.2, 0) is 22.5 Å². The molecule has 3 aromatic carbocycles. The Labute approximate surface area is 264 Å². The average Bonchev–Trinajstić information content (AvgIpc) is 2.98. The average molecular weight is 617 g/mol. The molecule has 0 saturated carbocycles. The van der Waals surface area contributed by atoms with Crippen LogP contribution in [0, 0.1) is 0 Å². The second-order valence-electron chi connectivity index (χ2n) is 12.1. The largest absolute Gasteiger partial charge is 0.508 e. The summed E-state index contributed by atoms with van der Waals surface area (Å²) in [6.07, 6.45) is 2.22. The molecule has 1 saturated heterocycles. The maximum atomic E-state index is 14.2. The number of quaternary nitrogens is 1. The van der Waals surface area contributed by atoms with E-state index < -0.39 is 23.9 Å². The van der Waals surface area contributed by atoms with Gasteiger partial charge in [-0.3, -0.25) is 4.79 Å². The van der Waals surface area contributed by atoms with E-state index in [0.29, 0.717) is 35.2 Å². The predicted octanol–water partition coefficient (Wildman–Crippen LogP) is 4.97. The molecule has 1 unspecified atom stereocenters. The molecular weight excluding hydrogens is 572 g/mol. The summed E-state index contributed by atoms with van der Waals surface area (Å²) in [5, 5.41) is 22.8. The number of hydrogen-bond donors (Lipinski definition) is 4. The van der Waals surface area contributed by atoms with Gasteiger partial charge in [0.2, 0.25) is 0 Å². The van der Waals surface area contributed by atoms with Crippen LogP contribution in [0.15, 0.2) is 72.8 Å². The number of carbonyl (C=O) groups excluding carboxylic acids is 3. The highest BCUT2D eigenvalue weighted by atomic mass is 16.5. The fourth-order valence-electron chi connectivity index (χ4n) is 6.12. The monoisotopic (exact) mass is 616 g/mol. The normalized spacial score (nSPS) is 18.2. The number of phenols is 2. The minimum absolute atomic E-state index is 0.0972. The summed E-state index contributed by atoms with van der Waals surface area (Å²) >= 11 is 0. The molecule has 1 aliphatic rings. The predicted molar refractivity (Wildman–Crippen MR) is 172 cm³/mol. The van der Waals surface area contributed by atoms with Crippen LogP contribution in [0.2, 0.25) is 0 Å². The number of amides is 3. The van der Waals surface area contributed by atoms with Crippen molar-refractivity contribution in [3.63, 3.8) is 0 Å². The number of nitrogens with one attached hydrogen (secondary N) is 1. The topological polar surface area (TPSA) is 142 Å². The molecule has 1 heterocycles. The number of rotatable bonds is 11. The second kappa shape index (κ2) is 14.9. The zero-order valence-corrected chi connectivity index (χ0v) is 26.2. The number of carbonyl (C=O) groups is 3. The van der Waals surface area contributed by atoms with Crippen LogP contribution in [0.4, 0.5) is 10.5 Å². The first-order valence-electron chi connectivity index (χ1n) is 15.4. The number of nitrogens with zero attached hydrogens (tertiary/aromatic N) is 2. The molecule has 3 aromatic rings. The van der Waals surface area contributed by atoms with Gasteiger partial charge in [0, 0.05) is 24.8 Å². The van der Waals surface area contributed by atoms with Crippen LogP contribution >= 0.6 is 0 Å². The Kier molecular flexibility index (Phi) is 11.0. The highest BCUT2D eigenvalue weighted by Crippen LogP contribution is 2.25. The van der Waals surface area contributed by atoms with Gasteiger partial charge in [0.1, 0.15) is 36.0 Å². The zero-order chi connectivity index (χ0) is 32.6. The molecule has 10 nitrogen and oxygen atoms in total. The van der Waals surface area contributed by atoms with Crippen LogP contribution in [0.1, 0.15) is 61.5 Å². The molecule has 1 fully saturated rings. The standard InChI is InChI=1S/C35H42N4O6/c1-4-18-39(22-26-7-5-9-31(41)20-26)19-6-8-29(23-39)38(32(33(36)42)21-25-10-16-30(40)17-11-25)35(44)37-28-14-12-27(13-15-28)34(43)45-24(2)3/h5,7,9-17,20,24,32H,4,6,8,18-19,21-23H2,1-3H3,(H3-2,36,37,40,41,42,43,44)/p+2/b38-29-/t32-,39?/m0/s1. The van der Waals surface area contributed by atoms with Crippen LogP contribution in [0.5, 0.6) is 11.5 Å². The zero-order valence-electron chi connectivity index (χ0n) is 26.2. The smallest absolute Gasteiger partial charge is 0.496 e. The van der Waals surface area contributed by atoms with Crippen molar-refractivity contribution < 1.29 is 38.4 Å². The van der Waals surface area contributed by atoms with Gasteiger partial charge in [-0.2, -0.15) is 9.37 Å². The number of aromatic hydroxyl groups is 2. The fraction of sp³-hybridized carbons (Fsp3) is 0.371. The Balaban J connectivity index is 1.73. The number of ether oxygens (including phenoxy) is 1. The second-order valence-corrected chi connectivity index (χ2v) is 12.1. The minimum Gasteiger partial charge on any atom is -0.508 e. The maximum absolute atomic E-state index is 14.2. The van der Waals surface area contributed by atoms with Crippen molar-refractivity contribution in [1.29, 1.82) is 0 Å². The quantitative estimate of drug-likeness (QED) is 0.136. The number of esters is 1. The molecule has 1 aliphatic heterocycles. The number of hydrogen-bond acceptors (Lipinski definition) is 6. The lowest BCUT2D eigenvalue weighted by Gasteiger charge is -2.42. The summed E-state index contributed by atoms with van der Waals surface area (Å²) in [6, 6.07) is 18.6. The number of phenolic OH excluding ortho intramolecular Hbond substituents is 2. The molecular formula is C35H44N4O6+2. The number of likely N-dealkylation sites (tertiary alicyclic amines) is 1. The van der Waals surface area contributed by atoms with Crippen molar-refractivity contribution in [3.05, 3.63) is 89.5 Å². The van der Waals surface area contributed by atoms with Crippen molar-refractivity contribution in [1.82, 2.24) is 0 Å². The molecule has 0 radical (unpaired) electrons. The third-order valence-corrected chi connectivity index (χ3v) is 8.02. The van der Waals surface area contributed by atoms with E-state index >= 15 is 0 Å². The van der Waals surface area contributed by atoms with Gasteiger partial charge in [0.25, 0.3) is 5.91 Å². The number of piperidine rings is 1. The number of primary amides is 1. The summed E-state index contributed by atoms with van der Waals surface area (Å²) in [5.74, 6) is -0.804. The van der Waals surface area contributed by atoms with Gasteiger partial charge in [-0.1, -0.05) is 31.2 Å². The van der Waals surface area contributed by atoms with E-state index in [0.717, 1.165) is 42.8 Å². The first kappa shape index (κ1) is 33.2. The lowest BCUT2D eigenvalue weighted by Crippen LogP contribution is -2.58. The summed E-state index contributed by atoms with van der Waals surface area (Å²) in [7, 11) is 0. The van der Waals surface area contributed by atoms with E-state index in [4.69, 9.17) is 10.5 Å². The van der Waals surface area contributed by atoms with E-state index in [1.54, 1.807) is 62.4 Å². The van der Waals surface area contributed by atoms with Crippen molar-refractivity contribution in [2.45, 2.75) is 65.1 Å². The first-order valence-corrected chi connectivity index (χ1v) is 15.4. The Morgan fingerprint density at radius 1 is 0.978 bits per heavy atom. The van der Waals surface area contributed by atoms with Crippen molar-refractivity contribution in [3.8, 4) is 11.5 Å². The van der Waals surface area contributed by atoms with Gasteiger partial charge in [0.15, 0.2) is 6.04 Å². The number of benzene rings is 3. The molecule has 4 rings (SSSR count). The van der Waals surface area contributed by atoms with Gasteiger partial charge in [0.05, 0.1) is 24.8 Å². The Morgan fingerprint density at radius 2 is 1.69 bits per heavy atom. The molecule has 45 heavy (non-hydrogen) atoms. The van der Waals surface area contributed by atoms with Crippen molar-refractivity contribution in [2.75, 3.05) is 25.0 Å². The summed E-state index contributed by atoms with van der Waals surface area (Å²) in [4.78, 5) is 39.6. The van der Waals surface area contributed by atoms with Gasteiger partial charge in [-0.25, -0.2) is 10.1 Å². The van der Waals surface area contributed by atoms with Gasteiger partial charge >= 0.3 is 12.0 Å². The molecule has 0 aromatic heterocycles. The minimum atomic E-state index is -0.993. The molecule has 5 N–H and O–H groups in total. The molecule has 0 aliphatic carbocycles. The van der Waals surface area contributed by atoms with Crippen LogP contribution in [0.3, 0.4) is 0 Å². The van der Waals surface area contributed by atoms with Crippen LogP contribution in [0.25, 0.3) is 0 Å². The Hall–Kier alpha value is -4.70. The Bertz CT molecular complexity index is 1530. The van der Waals surface area contributed by atoms with E-state index in [9.17, 15) is 24.6 Å². The third kappa shape index (κ3) is 8.92. The SMILES string of the molecule is CCC[N+]1(Cc2cccc(O)c2)CCC/C(=[N+](/C(=O)Nc2ccc(C(=O)OC(C)C)cc2)[C@@H](Cc2ccc(O)cc2)C(N)=O)C1. The molecule has 2 atom stereocenters. The van der Waals surface area contributed by atoms with Crippen LogP contribution in [-0.4, -0.2) is 74.7 Å². The maximum Gasteiger partial charge on any atom is 0.496 e. The molecule has 238 valence electrons. The third-order valence-electron chi connectivity index (χ3n) is 8.02. The number of nitrogens with two attached hydrogens (primary N) is 1. The molecule has 3 amide bonds. The van der Waals surface area contributed by atoms with Crippen molar-refractivity contribution in [2.24, 2.45) is 5.73 Å². The van der Waals surface area contributed by atoms with Gasteiger partial charge in [-0.15, -0.1) is 0 Å². The summed E-state index contributed by atoms with van der Waals surface area (Å²) in [5.41, 5.74) is 9.35. The summed E-state index contributed by atoms with van der Waals surface area (Å²) < 4.78 is 7.44. The number of anilines is 1. The Morgan fingerprint density at radius 3 is 2.31 bits per heavy atom. The van der Waals surface area contributed by atoms with Crippen molar-refractivity contribution >= 4 is 29.3 Å². The molecule has 0 bridgehead atoms. The lowest BCUT2D eigenvalue weighted by molar-refractivity contribution is -0.936.